The summed E-state index contributed by atoms with van der Waals surface area (Å²) in [6, 6.07) is 9.33. The minimum atomic E-state index is -4.38. The number of ether oxygens (including phenoxy) is 1. The van der Waals surface area contributed by atoms with E-state index in [0.717, 1.165) is 24.3 Å². The highest BCUT2D eigenvalue weighted by Gasteiger charge is 2.30. The summed E-state index contributed by atoms with van der Waals surface area (Å²) in [5.41, 5.74) is -0.441. The number of carbonyl (C=O) groups excluding carboxylic acids is 1. The summed E-state index contributed by atoms with van der Waals surface area (Å²) in [5, 5.41) is 14.2. The number of benzene rings is 2. The topological polar surface area (TPSA) is 74.2 Å². The summed E-state index contributed by atoms with van der Waals surface area (Å²) < 4.78 is 57.0. The number of nitriles is 1. The summed E-state index contributed by atoms with van der Waals surface area (Å²) in [7, 11) is 0. The van der Waals surface area contributed by atoms with E-state index in [4.69, 9.17) is 10.00 Å². The van der Waals surface area contributed by atoms with Crippen LogP contribution in [0.5, 0.6) is 5.75 Å². The molecule has 0 spiro atoms. The quantitative estimate of drug-likeness (QED) is 0.664. The number of hydrogen-bond acceptors (Lipinski definition) is 3. The summed E-state index contributed by atoms with van der Waals surface area (Å²) in [6.07, 6.45) is -2.01. The van der Waals surface area contributed by atoms with Crippen LogP contribution in [0.25, 0.3) is 0 Å². The second-order valence-corrected chi connectivity index (χ2v) is 7.05. The van der Waals surface area contributed by atoms with Crippen molar-refractivity contribution in [2.24, 2.45) is 0 Å². The molecule has 2 N–H and O–H groups in total. The third-order valence-corrected chi connectivity index (χ3v) is 4.78. The number of urea groups is 1. The van der Waals surface area contributed by atoms with Crippen LogP contribution in [0.1, 0.15) is 36.8 Å². The van der Waals surface area contributed by atoms with Crippen LogP contribution in [0.4, 0.5) is 28.0 Å². The fourth-order valence-electron chi connectivity index (χ4n) is 3.32. The molecule has 0 bridgehead atoms. The summed E-state index contributed by atoms with van der Waals surface area (Å²) in [5.74, 6) is -0.248. The van der Waals surface area contributed by atoms with Gasteiger partial charge in [0.05, 0.1) is 23.3 Å². The summed E-state index contributed by atoms with van der Waals surface area (Å²) in [6.45, 7) is 0. The lowest BCUT2D eigenvalue weighted by Gasteiger charge is -2.29. The smallest absolute Gasteiger partial charge is 0.416 e. The van der Waals surface area contributed by atoms with Crippen LogP contribution in [-0.2, 0) is 6.18 Å². The van der Waals surface area contributed by atoms with E-state index in [9.17, 15) is 22.4 Å². The second-order valence-electron chi connectivity index (χ2n) is 7.05. The van der Waals surface area contributed by atoms with E-state index in [1.165, 1.54) is 18.2 Å². The van der Waals surface area contributed by atoms with Gasteiger partial charge in [-0.25, -0.2) is 9.18 Å². The minimum absolute atomic E-state index is 0.103. The molecule has 1 aliphatic rings. The van der Waals surface area contributed by atoms with Gasteiger partial charge in [0.2, 0.25) is 0 Å². The first-order chi connectivity index (χ1) is 14.2. The fraction of sp³-hybridized carbons (Fsp3) is 0.333. The van der Waals surface area contributed by atoms with E-state index in [1.54, 1.807) is 0 Å². The number of hydrogen-bond donors (Lipinski definition) is 2. The predicted octanol–water partition coefficient (Wildman–Crippen LogP) is 5.23. The first kappa shape index (κ1) is 21.4. The lowest BCUT2D eigenvalue weighted by atomic mass is 9.93. The van der Waals surface area contributed by atoms with Gasteiger partial charge < -0.3 is 15.4 Å². The van der Waals surface area contributed by atoms with Gasteiger partial charge in [0, 0.05) is 11.7 Å². The Bertz CT molecular complexity index is 931. The number of anilines is 1. The Balaban J connectivity index is 1.46. The Hall–Kier alpha value is -3.28. The van der Waals surface area contributed by atoms with Gasteiger partial charge in [-0.2, -0.15) is 18.4 Å². The lowest BCUT2D eigenvalue weighted by Crippen LogP contribution is -2.41. The van der Waals surface area contributed by atoms with Gasteiger partial charge in [-0.05, 0) is 68.1 Å². The molecule has 5 nitrogen and oxygen atoms in total. The molecule has 158 valence electrons. The van der Waals surface area contributed by atoms with E-state index < -0.39 is 23.6 Å². The maximum atomic E-state index is 13.4. The molecule has 9 heteroatoms. The van der Waals surface area contributed by atoms with Crippen molar-refractivity contribution in [3.05, 3.63) is 59.4 Å². The van der Waals surface area contributed by atoms with Crippen LogP contribution >= 0.6 is 0 Å². The van der Waals surface area contributed by atoms with Crippen molar-refractivity contribution >= 4 is 11.7 Å². The summed E-state index contributed by atoms with van der Waals surface area (Å²) in [4.78, 5) is 12.1. The number of halogens is 4. The number of carbonyl (C=O) groups is 1. The van der Waals surface area contributed by atoms with Gasteiger partial charge in [-0.15, -0.1) is 0 Å². The highest BCUT2D eigenvalue weighted by molar-refractivity contribution is 5.89. The molecule has 0 saturated heterocycles. The van der Waals surface area contributed by atoms with Crippen molar-refractivity contribution in [2.75, 3.05) is 5.32 Å². The number of rotatable bonds is 4. The summed E-state index contributed by atoms with van der Waals surface area (Å²) >= 11 is 0. The molecule has 3 rings (SSSR count). The molecule has 0 aromatic heterocycles. The number of nitrogens with zero attached hydrogens (tertiary/aromatic N) is 1. The van der Waals surface area contributed by atoms with E-state index >= 15 is 0 Å². The first-order valence-corrected chi connectivity index (χ1v) is 9.35. The highest BCUT2D eigenvalue weighted by atomic mass is 19.4. The number of nitrogens with one attached hydrogen (secondary N) is 2. The predicted molar refractivity (Wildman–Crippen MR) is 101 cm³/mol. The molecule has 1 saturated carbocycles. The molecular formula is C21H19F4N3O2. The van der Waals surface area contributed by atoms with E-state index in [0.29, 0.717) is 31.4 Å². The Morgan fingerprint density at radius 1 is 1.07 bits per heavy atom. The molecule has 2 amide bonds. The van der Waals surface area contributed by atoms with Gasteiger partial charge in [-0.3, -0.25) is 0 Å². The molecular weight excluding hydrogens is 402 g/mol. The van der Waals surface area contributed by atoms with Crippen molar-refractivity contribution in [3.8, 4) is 11.8 Å². The van der Waals surface area contributed by atoms with E-state index in [1.807, 2.05) is 6.07 Å². The maximum Gasteiger partial charge on any atom is 0.416 e. The Morgan fingerprint density at radius 3 is 2.33 bits per heavy atom. The molecule has 0 unspecified atom stereocenters. The van der Waals surface area contributed by atoms with Crippen molar-refractivity contribution in [2.45, 2.75) is 44.0 Å². The maximum absolute atomic E-state index is 13.4. The molecule has 0 radical (unpaired) electrons. The zero-order valence-electron chi connectivity index (χ0n) is 15.8. The molecule has 0 aliphatic heterocycles. The average Bonchev–Trinajstić information content (AvgIpc) is 2.68. The first-order valence-electron chi connectivity index (χ1n) is 9.35. The third kappa shape index (κ3) is 5.86. The molecule has 30 heavy (non-hydrogen) atoms. The third-order valence-electron chi connectivity index (χ3n) is 4.78. The van der Waals surface area contributed by atoms with Crippen LogP contribution in [0.3, 0.4) is 0 Å². The molecule has 2 aromatic carbocycles. The van der Waals surface area contributed by atoms with Gasteiger partial charge >= 0.3 is 12.2 Å². The fourth-order valence-corrected chi connectivity index (χ4v) is 3.32. The Morgan fingerprint density at radius 2 is 1.73 bits per heavy atom. The Kier molecular flexibility index (Phi) is 6.45. The number of amides is 2. The SMILES string of the molecule is N#Cc1cc(F)cc(NC(=O)N[C@H]2CC[C@H](Oc3ccc(C(F)(F)F)cc3)CC2)c1. The van der Waals surface area contributed by atoms with Crippen LogP contribution < -0.4 is 15.4 Å². The highest BCUT2D eigenvalue weighted by Crippen LogP contribution is 2.31. The molecule has 1 aliphatic carbocycles. The number of alkyl halides is 3. The largest absolute Gasteiger partial charge is 0.490 e. The van der Waals surface area contributed by atoms with E-state index in [-0.39, 0.29) is 23.4 Å². The van der Waals surface area contributed by atoms with Crippen molar-refractivity contribution in [3.63, 3.8) is 0 Å². The molecule has 1 fully saturated rings. The molecule has 0 heterocycles. The van der Waals surface area contributed by atoms with Crippen molar-refractivity contribution in [1.82, 2.24) is 5.32 Å². The standard InChI is InChI=1S/C21H19F4N3O2/c22-15-9-13(12-26)10-17(11-15)28-20(29)27-16-3-7-19(8-4-16)30-18-5-1-14(2-6-18)21(23,24)25/h1-2,5-6,9-11,16,19H,3-4,7-8H2,(H2,27,28,29)/t16-,19-. The van der Waals surface area contributed by atoms with Crippen molar-refractivity contribution in [1.29, 1.82) is 5.26 Å². The van der Waals surface area contributed by atoms with Crippen LogP contribution in [-0.4, -0.2) is 18.2 Å². The molecule has 0 atom stereocenters. The van der Waals surface area contributed by atoms with Crippen LogP contribution in [0.2, 0.25) is 0 Å². The van der Waals surface area contributed by atoms with Gasteiger partial charge in [0.1, 0.15) is 11.6 Å². The van der Waals surface area contributed by atoms with Crippen LogP contribution in [0.15, 0.2) is 42.5 Å². The van der Waals surface area contributed by atoms with E-state index in [2.05, 4.69) is 10.6 Å². The van der Waals surface area contributed by atoms with Gasteiger partial charge in [0.15, 0.2) is 0 Å². The normalized spacial score (nSPS) is 18.9. The molecule has 2 aromatic rings. The van der Waals surface area contributed by atoms with Crippen LogP contribution in [0, 0.1) is 17.1 Å². The zero-order valence-corrected chi connectivity index (χ0v) is 15.8. The zero-order chi connectivity index (χ0) is 21.7. The minimum Gasteiger partial charge on any atom is -0.490 e. The van der Waals surface area contributed by atoms with Gasteiger partial charge in [0.25, 0.3) is 0 Å². The van der Waals surface area contributed by atoms with Crippen molar-refractivity contribution < 1.29 is 27.1 Å². The lowest BCUT2D eigenvalue weighted by molar-refractivity contribution is -0.137. The Labute approximate surface area is 170 Å². The van der Waals surface area contributed by atoms with Gasteiger partial charge in [-0.1, -0.05) is 0 Å². The second kappa shape index (κ2) is 9.03. The average molecular weight is 421 g/mol. The monoisotopic (exact) mass is 421 g/mol.